The molecule has 0 bridgehead atoms. The van der Waals surface area contributed by atoms with E-state index in [4.69, 9.17) is 0 Å². The summed E-state index contributed by atoms with van der Waals surface area (Å²) < 4.78 is 1.93. The van der Waals surface area contributed by atoms with Crippen LogP contribution in [0.4, 0.5) is 0 Å². The molecule has 2 heterocycles. The van der Waals surface area contributed by atoms with Crippen molar-refractivity contribution < 1.29 is 5.11 Å². The van der Waals surface area contributed by atoms with E-state index >= 15 is 0 Å². The molecule has 4 nitrogen and oxygen atoms in total. The monoisotopic (exact) mass is 231 g/mol. The highest BCUT2D eigenvalue weighted by Crippen LogP contribution is 2.20. The van der Waals surface area contributed by atoms with E-state index in [0.717, 1.165) is 31.7 Å². The van der Waals surface area contributed by atoms with Crippen molar-refractivity contribution in [2.75, 3.05) is 13.1 Å². The summed E-state index contributed by atoms with van der Waals surface area (Å²) in [6, 6.07) is 8.29. The lowest BCUT2D eigenvalue weighted by molar-refractivity contribution is 0.174. The van der Waals surface area contributed by atoms with Gasteiger partial charge in [-0.1, -0.05) is 18.2 Å². The van der Waals surface area contributed by atoms with Gasteiger partial charge >= 0.3 is 0 Å². The van der Waals surface area contributed by atoms with Crippen LogP contribution in [0, 0.1) is 0 Å². The average Bonchev–Trinajstić information content (AvgIpc) is 2.86. The molecule has 0 aliphatic carbocycles. The van der Waals surface area contributed by atoms with E-state index < -0.39 is 0 Å². The third-order valence-corrected chi connectivity index (χ3v) is 3.46. The van der Waals surface area contributed by atoms with Gasteiger partial charge in [0.1, 0.15) is 0 Å². The van der Waals surface area contributed by atoms with Crippen molar-refractivity contribution >= 4 is 10.9 Å². The molecule has 1 aromatic heterocycles. The Morgan fingerprint density at radius 1 is 1.41 bits per heavy atom. The average molecular weight is 231 g/mol. The lowest BCUT2D eigenvalue weighted by Crippen LogP contribution is -2.21. The summed E-state index contributed by atoms with van der Waals surface area (Å²) in [6.07, 6.45) is 0.718. The van der Waals surface area contributed by atoms with Crippen LogP contribution < -0.4 is 0 Å². The fraction of sp³-hybridized carbons (Fsp3) is 0.462. The molecule has 4 heteroatoms. The van der Waals surface area contributed by atoms with Gasteiger partial charge in [-0.05, 0) is 12.5 Å². The molecule has 1 saturated heterocycles. The number of benzene rings is 1. The van der Waals surface area contributed by atoms with Crippen LogP contribution in [0.15, 0.2) is 24.3 Å². The molecular formula is C13H17N3O. The van der Waals surface area contributed by atoms with Crippen molar-refractivity contribution in [3.05, 3.63) is 30.0 Å². The second kappa shape index (κ2) is 4.13. The molecule has 0 saturated carbocycles. The van der Waals surface area contributed by atoms with Crippen molar-refractivity contribution in [2.24, 2.45) is 7.05 Å². The number of aromatic nitrogens is 2. The molecule has 1 fully saturated rings. The molecule has 3 rings (SSSR count). The predicted molar refractivity (Wildman–Crippen MR) is 66.6 cm³/mol. The molecule has 1 aromatic carbocycles. The SMILES string of the molecule is Cn1nc(CN2CCC(O)C2)c2ccccc21. The first-order valence-corrected chi connectivity index (χ1v) is 6.05. The molecule has 1 unspecified atom stereocenters. The number of nitrogens with zero attached hydrogens (tertiary/aromatic N) is 3. The van der Waals surface area contributed by atoms with Gasteiger partial charge in [-0.2, -0.15) is 5.10 Å². The minimum atomic E-state index is -0.162. The zero-order chi connectivity index (χ0) is 11.8. The Bertz CT molecular complexity index is 534. The van der Waals surface area contributed by atoms with Gasteiger partial charge in [0.2, 0.25) is 0 Å². The first-order chi connectivity index (χ1) is 8.24. The Kier molecular flexibility index (Phi) is 2.61. The summed E-state index contributed by atoms with van der Waals surface area (Å²) in [5.41, 5.74) is 2.28. The first kappa shape index (κ1) is 10.7. The fourth-order valence-electron chi connectivity index (χ4n) is 2.57. The quantitative estimate of drug-likeness (QED) is 0.842. The van der Waals surface area contributed by atoms with Crippen LogP contribution in [0.25, 0.3) is 10.9 Å². The minimum absolute atomic E-state index is 0.162. The largest absolute Gasteiger partial charge is 0.392 e. The minimum Gasteiger partial charge on any atom is -0.392 e. The molecule has 2 aromatic rings. The molecular weight excluding hydrogens is 214 g/mol. The summed E-state index contributed by atoms with van der Waals surface area (Å²) in [4.78, 5) is 2.26. The Morgan fingerprint density at radius 3 is 3.00 bits per heavy atom. The summed E-state index contributed by atoms with van der Waals surface area (Å²) in [7, 11) is 1.98. The molecule has 0 radical (unpaired) electrons. The number of aliphatic hydroxyl groups excluding tert-OH is 1. The van der Waals surface area contributed by atoms with Crippen molar-refractivity contribution in [3.8, 4) is 0 Å². The van der Waals surface area contributed by atoms with E-state index in [0.29, 0.717) is 0 Å². The van der Waals surface area contributed by atoms with Crippen molar-refractivity contribution in [1.82, 2.24) is 14.7 Å². The highest BCUT2D eigenvalue weighted by atomic mass is 16.3. The Hall–Kier alpha value is -1.39. The van der Waals surface area contributed by atoms with E-state index in [1.54, 1.807) is 0 Å². The molecule has 1 aliphatic rings. The number of β-amino-alcohol motifs (C(OH)–C–C–N with tert-alkyl or cyclic N) is 1. The van der Waals surface area contributed by atoms with Gasteiger partial charge in [0.05, 0.1) is 17.3 Å². The summed E-state index contributed by atoms with van der Waals surface area (Å²) in [6.45, 7) is 2.56. The number of para-hydroxylation sites is 1. The third-order valence-electron chi connectivity index (χ3n) is 3.46. The lowest BCUT2D eigenvalue weighted by Gasteiger charge is -2.12. The van der Waals surface area contributed by atoms with E-state index in [1.807, 2.05) is 23.9 Å². The number of hydrogen-bond acceptors (Lipinski definition) is 3. The van der Waals surface area contributed by atoms with Gasteiger partial charge < -0.3 is 5.11 Å². The second-order valence-electron chi connectivity index (χ2n) is 4.77. The highest BCUT2D eigenvalue weighted by Gasteiger charge is 2.21. The van der Waals surface area contributed by atoms with Gasteiger partial charge in [0, 0.05) is 32.1 Å². The topological polar surface area (TPSA) is 41.3 Å². The highest BCUT2D eigenvalue weighted by molar-refractivity contribution is 5.81. The van der Waals surface area contributed by atoms with Crippen molar-refractivity contribution in [3.63, 3.8) is 0 Å². The van der Waals surface area contributed by atoms with Gasteiger partial charge in [-0.25, -0.2) is 0 Å². The summed E-state index contributed by atoms with van der Waals surface area (Å²) in [5, 5.41) is 15.3. The summed E-state index contributed by atoms with van der Waals surface area (Å²) >= 11 is 0. The van der Waals surface area contributed by atoms with Gasteiger partial charge in [-0.15, -0.1) is 0 Å². The normalized spacial score (nSPS) is 21.4. The Balaban J connectivity index is 1.90. The molecule has 17 heavy (non-hydrogen) atoms. The fourth-order valence-corrected chi connectivity index (χ4v) is 2.57. The van der Waals surface area contributed by atoms with Crippen LogP contribution in [-0.4, -0.2) is 39.0 Å². The van der Waals surface area contributed by atoms with Crippen LogP contribution in [0.1, 0.15) is 12.1 Å². The van der Waals surface area contributed by atoms with E-state index in [1.165, 1.54) is 10.9 Å². The number of hydrogen-bond donors (Lipinski definition) is 1. The number of likely N-dealkylation sites (tertiary alicyclic amines) is 1. The predicted octanol–water partition coefficient (Wildman–Crippen LogP) is 1.14. The number of aryl methyl sites for hydroxylation is 1. The maximum Gasteiger partial charge on any atom is 0.0843 e. The lowest BCUT2D eigenvalue weighted by atomic mass is 10.2. The van der Waals surface area contributed by atoms with Crippen LogP contribution >= 0.6 is 0 Å². The van der Waals surface area contributed by atoms with E-state index in [9.17, 15) is 5.11 Å². The molecule has 1 N–H and O–H groups in total. The molecule has 1 atom stereocenters. The maximum atomic E-state index is 9.53. The van der Waals surface area contributed by atoms with Crippen molar-refractivity contribution in [1.29, 1.82) is 0 Å². The zero-order valence-electron chi connectivity index (χ0n) is 10.0. The van der Waals surface area contributed by atoms with Crippen LogP contribution in [0.5, 0.6) is 0 Å². The molecule has 0 amide bonds. The van der Waals surface area contributed by atoms with Crippen molar-refractivity contribution in [2.45, 2.75) is 19.1 Å². The van der Waals surface area contributed by atoms with Crippen LogP contribution in [0.3, 0.4) is 0 Å². The number of aliphatic hydroxyl groups is 1. The third kappa shape index (κ3) is 1.94. The maximum absolute atomic E-state index is 9.53. The Morgan fingerprint density at radius 2 is 2.24 bits per heavy atom. The first-order valence-electron chi connectivity index (χ1n) is 6.05. The van der Waals surface area contributed by atoms with Gasteiger partial charge in [0.25, 0.3) is 0 Å². The number of rotatable bonds is 2. The Labute approximate surface area is 100 Å². The molecule has 0 spiro atoms. The van der Waals surface area contributed by atoms with Gasteiger partial charge in [0.15, 0.2) is 0 Å². The molecule has 1 aliphatic heterocycles. The second-order valence-corrected chi connectivity index (χ2v) is 4.77. The standard InChI is InChI=1S/C13H17N3O/c1-15-13-5-3-2-4-11(13)12(14-15)9-16-7-6-10(17)8-16/h2-5,10,17H,6-9H2,1H3. The summed E-state index contributed by atoms with van der Waals surface area (Å²) in [5.74, 6) is 0. The van der Waals surface area contributed by atoms with E-state index in [-0.39, 0.29) is 6.10 Å². The van der Waals surface area contributed by atoms with Gasteiger partial charge in [-0.3, -0.25) is 9.58 Å². The van der Waals surface area contributed by atoms with Crippen LogP contribution in [-0.2, 0) is 13.6 Å². The molecule has 90 valence electrons. The smallest absolute Gasteiger partial charge is 0.0843 e. The van der Waals surface area contributed by atoms with E-state index in [2.05, 4.69) is 22.1 Å². The zero-order valence-corrected chi connectivity index (χ0v) is 10.0. The van der Waals surface area contributed by atoms with Crippen LogP contribution in [0.2, 0.25) is 0 Å². The number of fused-ring (bicyclic) bond motifs is 1.